The number of aryl methyl sites for hydroxylation is 1. The number of aromatic carboxylic acids is 1. The summed E-state index contributed by atoms with van der Waals surface area (Å²) in [5.74, 6) is -0.710. The van der Waals surface area contributed by atoms with Gasteiger partial charge in [-0.1, -0.05) is 6.07 Å². The molecule has 0 bridgehead atoms. The second kappa shape index (κ2) is 6.98. The van der Waals surface area contributed by atoms with Gasteiger partial charge < -0.3 is 30.4 Å². The maximum absolute atomic E-state index is 11.6. The molecule has 5 N–H and O–H groups in total. The molecule has 1 aromatic carbocycles. The maximum Gasteiger partial charge on any atom is 0.522 e. The van der Waals surface area contributed by atoms with Gasteiger partial charge in [-0.25, -0.2) is 4.79 Å². The van der Waals surface area contributed by atoms with E-state index >= 15 is 0 Å². The molecule has 1 aromatic rings. The fraction of sp³-hybridized carbons (Fsp3) is 0.533. The number of ether oxygens (including phenoxy) is 1. The Balaban J connectivity index is 1.71. The molecule has 2 aliphatic rings. The minimum atomic E-state index is -1.14. The Labute approximate surface area is 139 Å². The summed E-state index contributed by atoms with van der Waals surface area (Å²) in [7, 11) is -0.995. The lowest BCUT2D eigenvalue weighted by molar-refractivity contribution is 0.0119. The van der Waals surface area contributed by atoms with E-state index in [1.165, 1.54) is 0 Å². The smallest absolute Gasteiger partial charge is 0.522 e. The van der Waals surface area contributed by atoms with E-state index in [1.54, 1.807) is 12.1 Å². The van der Waals surface area contributed by atoms with Crippen LogP contribution in [0, 0.1) is 0 Å². The third-order valence-corrected chi connectivity index (χ3v) is 4.27. The molecule has 130 valence electrons. The highest BCUT2D eigenvalue weighted by Crippen LogP contribution is 2.37. The number of likely N-dealkylation sites (tertiary alicyclic amines) is 1. The van der Waals surface area contributed by atoms with E-state index in [1.807, 2.05) is 4.90 Å². The third kappa shape index (κ3) is 3.49. The molecule has 3 rings (SSSR count). The van der Waals surface area contributed by atoms with Crippen LogP contribution < -0.4 is 15.1 Å². The molecule has 0 aromatic heterocycles. The molecule has 0 amide bonds. The fourth-order valence-electron chi connectivity index (χ4n) is 3.03. The van der Waals surface area contributed by atoms with E-state index in [-0.39, 0.29) is 35.8 Å². The van der Waals surface area contributed by atoms with Crippen LogP contribution >= 0.6 is 0 Å². The van der Waals surface area contributed by atoms with E-state index in [2.05, 4.69) is 0 Å². The number of aliphatic hydroxyl groups excluding tert-OH is 1. The summed E-state index contributed by atoms with van der Waals surface area (Å²) < 4.78 is 11.1. The molecule has 0 unspecified atom stereocenters. The molecule has 24 heavy (non-hydrogen) atoms. The van der Waals surface area contributed by atoms with Gasteiger partial charge in [0.2, 0.25) is 0 Å². The van der Waals surface area contributed by atoms with Gasteiger partial charge in [-0.3, -0.25) is 4.90 Å². The van der Waals surface area contributed by atoms with Gasteiger partial charge in [0, 0.05) is 25.7 Å². The van der Waals surface area contributed by atoms with Crippen molar-refractivity contribution in [3.63, 3.8) is 0 Å². The van der Waals surface area contributed by atoms with Crippen molar-refractivity contribution < 1.29 is 29.4 Å². The van der Waals surface area contributed by atoms with Crippen molar-refractivity contribution in [2.24, 2.45) is 5.73 Å². The van der Waals surface area contributed by atoms with Crippen molar-refractivity contribution in [3.05, 3.63) is 23.3 Å². The van der Waals surface area contributed by atoms with Gasteiger partial charge in [-0.2, -0.15) is 0 Å². The minimum Gasteiger partial charge on any atom is -0.535 e. The molecular formula is C15H21BN2O6. The number of carbonyl (C=O) groups is 1. The quantitative estimate of drug-likeness (QED) is 0.497. The number of hydrogen-bond acceptors (Lipinski definition) is 7. The Bertz CT molecular complexity index is 622. The Kier molecular flexibility index (Phi) is 4.95. The van der Waals surface area contributed by atoms with Gasteiger partial charge in [0.1, 0.15) is 23.2 Å². The Morgan fingerprint density at radius 1 is 1.50 bits per heavy atom. The van der Waals surface area contributed by atoms with Crippen LogP contribution in [0.25, 0.3) is 0 Å². The zero-order valence-corrected chi connectivity index (χ0v) is 13.2. The average molecular weight is 336 g/mol. The first-order chi connectivity index (χ1) is 11.5. The van der Waals surface area contributed by atoms with Gasteiger partial charge in [0.05, 0.1) is 6.61 Å². The lowest BCUT2D eigenvalue weighted by Gasteiger charge is -2.40. The molecular weight excluding hydrogens is 315 g/mol. The topological polar surface area (TPSA) is 125 Å². The minimum absolute atomic E-state index is 0.0447. The third-order valence-electron chi connectivity index (χ3n) is 4.27. The summed E-state index contributed by atoms with van der Waals surface area (Å²) in [5, 5.41) is 28.1. The molecule has 0 spiro atoms. The number of benzene rings is 1. The van der Waals surface area contributed by atoms with Gasteiger partial charge in [0.15, 0.2) is 0 Å². The fourth-order valence-corrected chi connectivity index (χ4v) is 3.03. The van der Waals surface area contributed by atoms with Crippen molar-refractivity contribution in [1.29, 1.82) is 0 Å². The zero-order valence-electron chi connectivity index (χ0n) is 13.2. The Morgan fingerprint density at radius 3 is 2.92 bits per heavy atom. The monoisotopic (exact) mass is 336 g/mol. The molecule has 2 aliphatic heterocycles. The highest BCUT2D eigenvalue weighted by atomic mass is 16.5. The van der Waals surface area contributed by atoms with Gasteiger partial charge in [-0.05, 0) is 24.4 Å². The van der Waals surface area contributed by atoms with Crippen LogP contribution in [0.4, 0.5) is 0 Å². The van der Waals surface area contributed by atoms with Crippen LogP contribution in [-0.2, 0) is 6.42 Å². The number of fused-ring (bicyclic) bond motifs is 1. The van der Waals surface area contributed by atoms with E-state index in [0.717, 1.165) is 5.56 Å². The summed E-state index contributed by atoms with van der Waals surface area (Å²) >= 11 is 0. The predicted octanol–water partition coefficient (Wildman–Crippen LogP) is -0.817. The van der Waals surface area contributed by atoms with Crippen molar-refractivity contribution in [1.82, 2.24) is 4.90 Å². The molecule has 0 saturated carbocycles. The number of hydrogen-bond donors (Lipinski definition) is 4. The van der Waals surface area contributed by atoms with E-state index in [9.17, 15) is 14.9 Å². The van der Waals surface area contributed by atoms with Crippen molar-refractivity contribution in [3.8, 4) is 11.5 Å². The van der Waals surface area contributed by atoms with Gasteiger partial charge in [0.25, 0.3) is 0 Å². The summed E-state index contributed by atoms with van der Waals surface area (Å²) in [6, 6.07) is 3.13. The normalized spacial score (nSPS) is 19.2. The van der Waals surface area contributed by atoms with Crippen LogP contribution in [-0.4, -0.2) is 71.6 Å². The summed E-state index contributed by atoms with van der Waals surface area (Å²) in [5.41, 5.74) is 6.40. The molecule has 0 radical (unpaired) electrons. The number of aliphatic hydroxyl groups is 1. The van der Waals surface area contributed by atoms with Gasteiger partial charge in [-0.15, -0.1) is 0 Å². The molecule has 1 saturated heterocycles. The maximum atomic E-state index is 11.6. The lowest BCUT2D eigenvalue weighted by Crippen LogP contribution is -2.57. The largest absolute Gasteiger partial charge is 0.535 e. The molecule has 9 heteroatoms. The van der Waals surface area contributed by atoms with E-state index in [4.69, 9.17) is 20.2 Å². The molecule has 0 aliphatic carbocycles. The number of carboxylic acids is 1. The first-order valence-electron chi connectivity index (χ1n) is 7.97. The predicted molar refractivity (Wildman–Crippen MR) is 86.4 cm³/mol. The van der Waals surface area contributed by atoms with E-state index < -0.39 is 13.1 Å². The Morgan fingerprint density at radius 2 is 2.25 bits per heavy atom. The summed E-state index contributed by atoms with van der Waals surface area (Å²) in [6.07, 6.45) is 0.864. The van der Waals surface area contributed by atoms with E-state index in [0.29, 0.717) is 32.4 Å². The second-order valence-electron chi connectivity index (χ2n) is 6.24. The van der Waals surface area contributed by atoms with Crippen LogP contribution in [0.1, 0.15) is 15.9 Å². The molecule has 8 nitrogen and oxygen atoms in total. The SMILES string of the molecule is N[C@H](CO)CN1CC(Oc2ccc3c(c2C(=O)O)OB(O)CC3)C1. The van der Waals surface area contributed by atoms with Crippen molar-refractivity contribution in [2.75, 3.05) is 26.2 Å². The number of carboxylic acid groups (broad SMARTS) is 1. The first-order valence-corrected chi connectivity index (χ1v) is 7.97. The first kappa shape index (κ1) is 17.0. The standard InChI is InChI=1S/C15H21BN2O6/c17-10(8-19)5-18-6-11(7-18)23-12-2-1-9-3-4-16(22)24-14(9)13(12)15(20)21/h1-2,10-11,19,22H,3-8,17H2,(H,20,21)/t10-/m0/s1. The number of nitrogens with zero attached hydrogens (tertiary/aromatic N) is 1. The van der Waals surface area contributed by atoms with Gasteiger partial charge >= 0.3 is 13.1 Å². The van der Waals surface area contributed by atoms with Crippen LogP contribution in [0.5, 0.6) is 11.5 Å². The van der Waals surface area contributed by atoms with Crippen LogP contribution in [0.3, 0.4) is 0 Å². The van der Waals surface area contributed by atoms with Crippen LogP contribution in [0.2, 0.25) is 6.32 Å². The summed E-state index contributed by atoms with van der Waals surface area (Å²) in [6.45, 7) is 1.73. The average Bonchev–Trinajstić information content (AvgIpc) is 2.51. The van der Waals surface area contributed by atoms with Crippen molar-refractivity contribution >= 4 is 13.1 Å². The zero-order chi connectivity index (χ0) is 17.3. The summed E-state index contributed by atoms with van der Waals surface area (Å²) in [4.78, 5) is 13.7. The number of rotatable bonds is 6. The Hall–Kier alpha value is -1.81. The second-order valence-corrected chi connectivity index (χ2v) is 6.24. The molecule has 2 heterocycles. The van der Waals surface area contributed by atoms with Crippen molar-refractivity contribution in [2.45, 2.75) is 24.9 Å². The highest BCUT2D eigenvalue weighted by Gasteiger charge is 2.33. The highest BCUT2D eigenvalue weighted by molar-refractivity contribution is 6.44. The molecule has 1 fully saturated rings. The van der Waals surface area contributed by atoms with Crippen LogP contribution in [0.15, 0.2) is 12.1 Å². The lowest BCUT2D eigenvalue weighted by atomic mass is 9.78. The molecule has 1 atom stereocenters. The number of nitrogens with two attached hydrogens (primary N) is 1.